The molecule has 0 aliphatic carbocycles. The van der Waals surface area contributed by atoms with Crippen molar-refractivity contribution in [3.8, 4) is 11.3 Å². The average molecular weight is 467 g/mol. The predicted molar refractivity (Wildman–Crippen MR) is 128 cm³/mol. The van der Waals surface area contributed by atoms with Crippen LogP contribution >= 0.6 is 11.6 Å². The van der Waals surface area contributed by atoms with E-state index in [1.807, 2.05) is 35.4 Å². The molecule has 2 saturated heterocycles. The topological polar surface area (TPSA) is 94.2 Å². The second-order valence-electron chi connectivity index (χ2n) is 8.75. The lowest BCUT2D eigenvalue weighted by Crippen LogP contribution is -2.50. The Morgan fingerprint density at radius 3 is 2.73 bits per heavy atom. The highest BCUT2D eigenvalue weighted by atomic mass is 35.5. The van der Waals surface area contributed by atoms with E-state index in [0.29, 0.717) is 36.3 Å². The molecule has 2 fully saturated rings. The molecule has 0 spiro atoms. The molecule has 0 saturated carbocycles. The lowest BCUT2D eigenvalue weighted by molar-refractivity contribution is -0.143. The number of hydrogen-bond acceptors (Lipinski definition) is 5. The summed E-state index contributed by atoms with van der Waals surface area (Å²) in [7, 11) is 0. The van der Waals surface area contributed by atoms with Gasteiger partial charge in [0.1, 0.15) is 6.04 Å². The Labute approximate surface area is 197 Å². The van der Waals surface area contributed by atoms with Gasteiger partial charge in [-0.15, -0.1) is 0 Å². The summed E-state index contributed by atoms with van der Waals surface area (Å²) in [5.74, 6) is 0.585. The number of likely N-dealkylation sites (tertiary alicyclic amines) is 2. The van der Waals surface area contributed by atoms with E-state index in [1.165, 1.54) is 0 Å². The Morgan fingerprint density at radius 1 is 1.15 bits per heavy atom. The number of carbonyl (C=O) groups excluding carboxylic acids is 2. The first-order valence-electron chi connectivity index (χ1n) is 11.4. The zero-order valence-electron chi connectivity index (χ0n) is 18.6. The molecule has 8 nitrogen and oxygen atoms in total. The zero-order chi connectivity index (χ0) is 22.9. The number of nitrogens with zero attached hydrogens (tertiary/aromatic N) is 4. The van der Waals surface area contributed by atoms with Crippen molar-refractivity contribution in [2.45, 2.75) is 44.7 Å². The van der Waals surface area contributed by atoms with Gasteiger partial charge in [0.15, 0.2) is 0 Å². The third-order valence-electron chi connectivity index (χ3n) is 6.67. The summed E-state index contributed by atoms with van der Waals surface area (Å²) in [6.07, 6.45) is 6.79. The van der Waals surface area contributed by atoms with Gasteiger partial charge in [-0.3, -0.25) is 9.59 Å². The highest BCUT2D eigenvalue weighted by molar-refractivity contribution is 6.33. The second kappa shape index (κ2) is 9.02. The summed E-state index contributed by atoms with van der Waals surface area (Å²) < 4.78 is 0. The van der Waals surface area contributed by atoms with Gasteiger partial charge in [0, 0.05) is 55.3 Å². The number of rotatable bonds is 4. The first kappa shape index (κ1) is 21.7. The molecule has 4 heterocycles. The fraction of sp³-hybridized carbons (Fsp3) is 0.417. The number of carbonyl (C=O) groups is 2. The van der Waals surface area contributed by atoms with Gasteiger partial charge >= 0.3 is 0 Å². The maximum Gasteiger partial charge on any atom is 0.245 e. The Kier molecular flexibility index (Phi) is 5.93. The van der Waals surface area contributed by atoms with Crippen LogP contribution in [0.2, 0.25) is 5.02 Å². The van der Waals surface area contributed by atoms with Crippen molar-refractivity contribution in [3.05, 3.63) is 41.7 Å². The third-order valence-corrected chi connectivity index (χ3v) is 6.95. The summed E-state index contributed by atoms with van der Waals surface area (Å²) in [6, 6.07) is 7.90. The number of H-pyrrole nitrogens is 1. The minimum absolute atomic E-state index is 0.0201. The molecule has 2 aromatic heterocycles. The van der Waals surface area contributed by atoms with E-state index in [-0.39, 0.29) is 23.9 Å². The van der Waals surface area contributed by atoms with Crippen LogP contribution in [0.25, 0.3) is 22.2 Å². The molecule has 5 rings (SSSR count). The monoisotopic (exact) mass is 466 g/mol. The Hall–Kier alpha value is -3.13. The van der Waals surface area contributed by atoms with Crippen molar-refractivity contribution in [1.29, 1.82) is 0 Å². The number of anilines is 1. The van der Waals surface area contributed by atoms with Crippen molar-refractivity contribution < 1.29 is 9.59 Å². The number of hydrogen-bond donors (Lipinski definition) is 2. The Balaban J connectivity index is 1.25. The number of aromatic amines is 1. The minimum Gasteiger partial charge on any atom is -0.360 e. The fourth-order valence-corrected chi connectivity index (χ4v) is 5.12. The molecule has 9 heteroatoms. The van der Waals surface area contributed by atoms with E-state index in [4.69, 9.17) is 16.6 Å². The van der Waals surface area contributed by atoms with Crippen LogP contribution in [0.5, 0.6) is 0 Å². The average Bonchev–Trinajstić information content (AvgIpc) is 3.48. The number of aromatic nitrogens is 3. The largest absolute Gasteiger partial charge is 0.360 e. The highest BCUT2D eigenvalue weighted by Crippen LogP contribution is 2.32. The van der Waals surface area contributed by atoms with Gasteiger partial charge in [0.25, 0.3) is 0 Å². The van der Waals surface area contributed by atoms with Crippen molar-refractivity contribution >= 4 is 40.3 Å². The number of fused-ring (bicyclic) bond motifs is 1. The van der Waals surface area contributed by atoms with Crippen LogP contribution in [0.3, 0.4) is 0 Å². The molecule has 3 aromatic rings. The van der Waals surface area contributed by atoms with Crippen LogP contribution in [0.1, 0.15) is 32.6 Å². The maximum absolute atomic E-state index is 13.0. The number of para-hydroxylation sites is 1. The number of piperidine rings is 1. The molecule has 0 radical (unpaired) electrons. The smallest absolute Gasteiger partial charge is 0.245 e. The SMILES string of the molecule is CC(=O)N1CCCC1C(=O)N1CCC(Nc2ncc(Cl)c(-c3c[nH]c4ccccc34)n2)CC1. The molecule has 172 valence electrons. The molecule has 2 amide bonds. The van der Waals surface area contributed by atoms with Gasteiger partial charge in [0.2, 0.25) is 17.8 Å². The first-order valence-corrected chi connectivity index (χ1v) is 11.8. The van der Waals surface area contributed by atoms with Crippen molar-refractivity contribution in [2.24, 2.45) is 0 Å². The van der Waals surface area contributed by atoms with Crippen LogP contribution in [0.4, 0.5) is 5.95 Å². The Bertz CT molecular complexity index is 1190. The van der Waals surface area contributed by atoms with Gasteiger partial charge in [0.05, 0.1) is 16.9 Å². The molecular weight excluding hydrogens is 440 g/mol. The zero-order valence-corrected chi connectivity index (χ0v) is 19.3. The van der Waals surface area contributed by atoms with E-state index >= 15 is 0 Å². The fourth-order valence-electron chi connectivity index (χ4n) is 4.93. The molecule has 2 N–H and O–H groups in total. The van der Waals surface area contributed by atoms with Crippen LogP contribution in [-0.2, 0) is 9.59 Å². The van der Waals surface area contributed by atoms with Gasteiger partial charge in [-0.1, -0.05) is 29.8 Å². The van der Waals surface area contributed by atoms with Gasteiger partial charge < -0.3 is 20.1 Å². The van der Waals surface area contributed by atoms with Crippen molar-refractivity contribution in [2.75, 3.05) is 25.0 Å². The minimum atomic E-state index is -0.301. The summed E-state index contributed by atoms with van der Waals surface area (Å²) in [6.45, 7) is 3.53. The molecule has 2 aliphatic heterocycles. The van der Waals surface area contributed by atoms with Crippen molar-refractivity contribution in [3.63, 3.8) is 0 Å². The van der Waals surface area contributed by atoms with E-state index in [2.05, 4.69) is 15.3 Å². The van der Waals surface area contributed by atoms with Crippen LogP contribution in [0, 0.1) is 0 Å². The molecular formula is C24H27ClN6O2. The van der Waals surface area contributed by atoms with E-state index in [0.717, 1.165) is 42.1 Å². The summed E-state index contributed by atoms with van der Waals surface area (Å²) >= 11 is 6.44. The molecule has 1 unspecified atom stereocenters. The molecule has 2 aliphatic rings. The Morgan fingerprint density at radius 2 is 1.94 bits per heavy atom. The maximum atomic E-state index is 13.0. The van der Waals surface area contributed by atoms with E-state index in [9.17, 15) is 9.59 Å². The quantitative estimate of drug-likeness (QED) is 0.611. The normalized spacial score (nSPS) is 19.3. The van der Waals surface area contributed by atoms with Crippen molar-refractivity contribution in [1.82, 2.24) is 24.8 Å². The summed E-state index contributed by atoms with van der Waals surface area (Å²) in [4.78, 5) is 40.7. The number of benzene rings is 1. The van der Waals surface area contributed by atoms with Crippen LogP contribution in [-0.4, -0.2) is 68.3 Å². The number of halogens is 1. The van der Waals surface area contributed by atoms with Gasteiger partial charge in [-0.25, -0.2) is 9.97 Å². The highest BCUT2D eigenvalue weighted by Gasteiger charge is 2.36. The van der Waals surface area contributed by atoms with E-state index < -0.39 is 0 Å². The standard InChI is InChI=1S/C24H27ClN6O2/c1-15(32)31-10-4-7-21(31)23(33)30-11-8-16(9-12-30)28-24-27-14-19(25)22(29-24)18-13-26-20-6-3-2-5-17(18)20/h2-3,5-6,13-14,16,21,26H,4,7-12H2,1H3,(H,27,28,29). The number of nitrogens with one attached hydrogen (secondary N) is 2. The molecule has 0 bridgehead atoms. The summed E-state index contributed by atoms with van der Waals surface area (Å²) in [5, 5.41) is 4.98. The number of amides is 2. The predicted octanol–water partition coefficient (Wildman–Crippen LogP) is 3.69. The molecule has 1 aromatic carbocycles. The first-order chi connectivity index (χ1) is 16.0. The summed E-state index contributed by atoms with van der Waals surface area (Å²) in [5.41, 5.74) is 2.65. The van der Waals surface area contributed by atoms with Crippen LogP contribution < -0.4 is 5.32 Å². The van der Waals surface area contributed by atoms with E-state index in [1.54, 1.807) is 18.0 Å². The lowest BCUT2D eigenvalue weighted by atomic mass is 10.0. The molecule has 1 atom stereocenters. The van der Waals surface area contributed by atoms with Crippen LogP contribution in [0.15, 0.2) is 36.7 Å². The molecule has 33 heavy (non-hydrogen) atoms. The van der Waals surface area contributed by atoms with Gasteiger partial charge in [-0.05, 0) is 31.7 Å². The third kappa shape index (κ3) is 4.27. The lowest BCUT2D eigenvalue weighted by Gasteiger charge is -2.35. The van der Waals surface area contributed by atoms with Gasteiger partial charge in [-0.2, -0.15) is 0 Å². The second-order valence-corrected chi connectivity index (χ2v) is 9.16.